The van der Waals surface area contributed by atoms with E-state index in [0.717, 1.165) is 76.0 Å². The molecule has 1 N–H and O–H groups in total. The van der Waals surface area contributed by atoms with Crippen LogP contribution in [0.2, 0.25) is 0 Å². The maximum Gasteiger partial charge on any atom is 0.215 e. The largest absolute Gasteiger partial charge is 0.476 e. The number of fused-ring (bicyclic) bond motifs is 1. The number of aromatic amines is 1. The lowest BCUT2D eigenvalue weighted by atomic mass is 10.2. The van der Waals surface area contributed by atoms with Crippen molar-refractivity contribution in [1.29, 1.82) is 0 Å². The first-order valence-electron chi connectivity index (χ1n) is 11.7. The van der Waals surface area contributed by atoms with E-state index in [1.807, 2.05) is 24.5 Å². The number of aliphatic imine (C=N–C) groups is 1. The Balaban J connectivity index is 1.29. The summed E-state index contributed by atoms with van der Waals surface area (Å²) in [6.45, 7) is 8.77. The van der Waals surface area contributed by atoms with Gasteiger partial charge in [0.1, 0.15) is 6.61 Å². The third kappa shape index (κ3) is 5.71. The molecule has 0 unspecified atom stereocenters. The van der Waals surface area contributed by atoms with Gasteiger partial charge in [0.2, 0.25) is 5.88 Å². The van der Waals surface area contributed by atoms with E-state index < -0.39 is 0 Å². The van der Waals surface area contributed by atoms with E-state index >= 15 is 0 Å². The topological polar surface area (TPSA) is 75.2 Å². The van der Waals surface area contributed by atoms with Crippen LogP contribution in [0.3, 0.4) is 0 Å². The van der Waals surface area contributed by atoms with Crippen LogP contribution in [0.1, 0.15) is 11.3 Å². The number of H-pyrrole nitrogens is 1. The molecule has 0 radical (unpaired) electrons. The quantitative estimate of drug-likeness (QED) is 0.533. The first kappa shape index (κ1) is 21.9. The van der Waals surface area contributed by atoms with Crippen LogP contribution in [0.15, 0.2) is 47.6 Å². The smallest absolute Gasteiger partial charge is 0.215 e. The molecule has 5 rings (SSSR count). The second-order valence-electron chi connectivity index (χ2n) is 8.32. The number of para-hydroxylation sites is 1. The van der Waals surface area contributed by atoms with Gasteiger partial charge in [-0.05, 0) is 17.7 Å². The molecule has 2 aliphatic rings. The normalized spacial score (nSPS) is 17.8. The Bertz CT molecular complexity index is 1070. The summed E-state index contributed by atoms with van der Waals surface area (Å²) in [5.74, 6) is 0.640. The number of anilines is 1. The van der Waals surface area contributed by atoms with Gasteiger partial charge in [-0.15, -0.1) is 0 Å². The number of nitrogens with zero attached hydrogens (tertiary/aromatic N) is 4. The molecule has 174 valence electrons. The molecule has 0 amide bonds. The lowest BCUT2D eigenvalue weighted by molar-refractivity contribution is 0.0320. The van der Waals surface area contributed by atoms with E-state index in [1.165, 1.54) is 10.9 Å². The highest BCUT2D eigenvalue weighted by Crippen LogP contribution is 2.22. The van der Waals surface area contributed by atoms with Gasteiger partial charge in [0.05, 0.1) is 38.7 Å². The molecule has 0 aliphatic carbocycles. The Morgan fingerprint density at radius 3 is 2.67 bits per heavy atom. The van der Waals surface area contributed by atoms with E-state index in [0.29, 0.717) is 19.0 Å². The second-order valence-corrected chi connectivity index (χ2v) is 8.32. The second kappa shape index (κ2) is 10.8. The van der Waals surface area contributed by atoms with Crippen molar-refractivity contribution >= 4 is 22.8 Å². The lowest BCUT2D eigenvalue weighted by Gasteiger charge is -2.29. The highest BCUT2D eigenvalue weighted by molar-refractivity contribution is 5.84. The van der Waals surface area contributed by atoms with Crippen LogP contribution < -0.4 is 9.64 Å². The van der Waals surface area contributed by atoms with E-state index in [9.17, 15) is 0 Å². The van der Waals surface area contributed by atoms with Crippen LogP contribution in [-0.4, -0.2) is 86.8 Å². The summed E-state index contributed by atoms with van der Waals surface area (Å²) in [7, 11) is 0. The summed E-state index contributed by atoms with van der Waals surface area (Å²) >= 11 is 0. The van der Waals surface area contributed by atoms with E-state index in [-0.39, 0.29) is 0 Å². The minimum absolute atomic E-state index is 0.598. The summed E-state index contributed by atoms with van der Waals surface area (Å²) < 4.78 is 17.0. The average molecular weight is 450 g/mol. The van der Waals surface area contributed by atoms with Crippen molar-refractivity contribution in [2.45, 2.75) is 6.54 Å². The Morgan fingerprint density at radius 2 is 1.82 bits per heavy atom. The first-order chi connectivity index (χ1) is 16.3. The standard InChI is InChI=1S/C25H31N5O3/c1-2-4-24-23(3-1)20(18-27-24)17-26-19-21-15-22(30-8-12-32-13-9-30)16-25(28-21)33-14-7-29-5-10-31-11-6-29/h1-4,15-16,18-19,27H,5-14,17H2. The Morgan fingerprint density at radius 1 is 1.03 bits per heavy atom. The van der Waals surface area contributed by atoms with Crippen LogP contribution in [0.4, 0.5) is 5.69 Å². The average Bonchev–Trinajstić information content (AvgIpc) is 3.28. The molecule has 2 aromatic heterocycles. The fourth-order valence-electron chi connectivity index (χ4n) is 4.26. The van der Waals surface area contributed by atoms with Crippen molar-refractivity contribution in [1.82, 2.24) is 14.9 Å². The minimum Gasteiger partial charge on any atom is -0.476 e. The maximum absolute atomic E-state index is 6.07. The van der Waals surface area contributed by atoms with Crippen LogP contribution in [-0.2, 0) is 16.0 Å². The number of ether oxygens (including phenoxy) is 3. The van der Waals surface area contributed by atoms with Gasteiger partial charge in [0.15, 0.2) is 0 Å². The van der Waals surface area contributed by atoms with Crippen molar-refractivity contribution in [2.75, 3.05) is 70.7 Å². The van der Waals surface area contributed by atoms with Gasteiger partial charge >= 0.3 is 0 Å². The fourth-order valence-corrected chi connectivity index (χ4v) is 4.26. The first-order valence-corrected chi connectivity index (χ1v) is 11.7. The van der Waals surface area contributed by atoms with Gasteiger partial charge in [-0.2, -0.15) is 0 Å². The van der Waals surface area contributed by atoms with E-state index in [2.05, 4.69) is 44.0 Å². The number of nitrogens with one attached hydrogen (secondary N) is 1. The molecule has 2 aliphatic heterocycles. The minimum atomic E-state index is 0.598. The van der Waals surface area contributed by atoms with Gasteiger partial charge in [0, 0.05) is 67.8 Å². The number of benzene rings is 1. The molecule has 2 fully saturated rings. The molecule has 2 saturated heterocycles. The Kier molecular flexibility index (Phi) is 7.15. The highest BCUT2D eigenvalue weighted by atomic mass is 16.5. The monoisotopic (exact) mass is 449 g/mol. The molecule has 3 aromatic rings. The van der Waals surface area contributed by atoms with Gasteiger partial charge in [0.25, 0.3) is 0 Å². The predicted molar refractivity (Wildman–Crippen MR) is 130 cm³/mol. The lowest BCUT2D eigenvalue weighted by Crippen LogP contribution is -2.38. The zero-order valence-electron chi connectivity index (χ0n) is 18.9. The number of aromatic nitrogens is 2. The summed E-state index contributed by atoms with van der Waals surface area (Å²) in [5.41, 5.74) is 4.21. The van der Waals surface area contributed by atoms with Crippen LogP contribution in [0, 0.1) is 0 Å². The van der Waals surface area contributed by atoms with E-state index in [1.54, 1.807) is 0 Å². The highest BCUT2D eigenvalue weighted by Gasteiger charge is 2.15. The Hall–Kier alpha value is -2.94. The zero-order chi connectivity index (χ0) is 22.3. The SMILES string of the molecule is C(=NCc1c[nH]c2ccccc12)c1cc(N2CCOCC2)cc(OCCN2CCOCC2)n1. The van der Waals surface area contributed by atoms with Crippen molar-refractivity contribution < 1.29 is 14.2 Å². The van der Waals surface area contributed by atoms with Crippen LogP contribution >= 0.6 is 0 Å². The summed E-state index contributed by atoms with van der Waals surface area (Å²) in [6.07, 6.45) is 3.88. The molecule has 0 saturated carbocycles. The third-order valence-electron chi connectivity index (χ3n) is 6.10. The molecule has 4 heterocycles. The summed E-state index contributed by atoms with van der Waals surface area (Å²) in [5, 5.41) is 1.21. The van der Waals surface area contributed by atoms with Gasteiger partial charge < -0.3 is 24.1 Å². The van der Waals surface area contributed by atoms with Gasteiger partial charge in [-0.25, -0.2) is 4.98 Å². The molecular weight excluding hydrogens is 418 g/mol. The Labute approximate surface area is 194 Å². The molecular formula is C25H31N5O3. The number of rotatable bonds is 8. The fraction of sp³-hybridized carbons (Fsp3) is 0.440. The van der Waals surface area contributed by atoms with Gasteiger partial charge in [-0.1, -0.05) is 18.2 Å². The van der Waals surface area contributed by atoms with Crippen LogP contribution in [0.5, 0.6) is 5.88 Å². The van der Waals surface area contributed by atoms with Crippen molar-refractivity contribution in [3.8, 4) is 5.88 Å². The summed E-state index contributed by atoms with van der Waals surface area (Å²) in [4.78, 5) is 17.4. The van der Waals surface area contributed by atoms with Crippen LogP contribution in [0.25, 0.3) is 10.9 Å². The molecule has 0 bridgehead atoms. The number of pyridine rings is 1. The summed E-state index contributed by atoms with van der Waals surface area (Å²) in [6, 6.07) is 12.4. The molecule has 8 nitrogen and oxygen atoms in total. The molecule has 33 heavy (non-hydrogen) atoms. The zero-order valence-corrected chi connectivity index (χ0v) is 18.9. The molecule has 8 heteroatoms. The predicted octanol–water partition coefficient (Wildman–Crippen LogP) is 2.73. The maximum atomic E-state index is 6.07. The molecule has 0 spiro atoms. The number of hydrogen-bond acceptors (Lipinski definition) is 7. The van der Waals surface area contributed by atoms with E-state index in [4.69, 9.17) is 19.2 Å². The van der Waals surface area contributed by atoms with Crippen molar-refractivity contribution in [3.05, 3.63) is 53.9 Å². The van der Waals surface area contributed by atoms with Crippen molar-refractivity contribution in [3.63, 3.8) is 0 Å². The van der Waals surface area contributed by atoms with Gasteiger partial charge in [-0.3, -0.25) is 9.89 Å². The number of hydrogen-bond donors (Lipinski definition) is 1. The third-order valence-corrected chi connectivity index (χ3v) is 6.10. The number of morpholine rings is 2. The molecule has 0 atom stereocenters. The van der Waals surface area contributed by atoms with Crippen molar-refractivity contribution in [2.24, 2.45) is 4.99 Å². The molecule has 1 aromatic carbocycles.